The Morgan fingerprint density at radius 1 is 1.58 bits per heavy atom. The Morgan fingerprint density at radius 3 is 2.33 bits per heavy atom. The molecule has 12 heavy (non-hydrogen) atoms. The van der Waals surface area contributed by atoms with Gasteiger partial charge in [0.1, 0.15) is 0 Å². The summed E-state index contributed by atoms with van der Waals surface area (Å²) in [6.07, 6.45) is 1.08. The summed E-state index contributed by atoms with van der Waals surface area (Å²) in [6, 6.07) is 0. The highest BCUT2D eigenvalue weighted by Crippen LogP contribution is 2.62. The van der Waals surface area contributed by atoms with Gasteiger partial charge in [0.2, 0.25) is 0 Å². The molecule has 2 nitrogen and oxygen atoms in total. The lowest BCUT2D eigenvalue weighted by Gasteiger charge is -2.08. The van der Waals surface area contributed by atoms with E-state index in [-0.39, 0.29) is 11.3 Å². The highest BCUT2D eigenvalue weighted by Gasteiger charge is 2.63. The Morgan fingerprint density at radius 2 is 2.08 bits per heavy atom. The molecule has 0 spiro atoms. The van der Waals surface area contributed by atoms with Crippen LogP contribution in [0.1, 0.15) is 34.1 Å². The maximum atomic E-state index is 10.8. The van der Waals surface area contributed by atoms with Crippen LogP contribution in [0.15, 0.2) is 0 Å². The second kappa shape index (κ2) is 2.75. The minimum Gasteiger partial charge on any atom is -0.481 e. The molecule has 0 bridgehead atoms. The van der Waals surface area contributed by atoms with Crippen molar-refractivity contribution >= 4 is 5.97 Å². The molecule has 1 unspecified atom stereocenters. The van der Waals surface area contributed by atoms with Crippen molar-refractivity contribution in [1.29, 1.82) is 0 Å². The topological polar surface area (TPSA) is 37.3 Å². The van der Waals surface area contributed by atoms with Crippen LogP contribution in [-0.2, 0) is 4.79 Å². The predicted molar refractivity (Wildman–Crippen MR) is 47.9 cm³/mol. The summed E-state index contributed by atoms with van der Waals surface area (Å²) in [5.74, 6) is 0.207. The molecule has 0 heterocycles. The molecule has 0 aliphatic heterocycles. The summed E-state index contributed by atoms with van der Waals surface area (Å²) in [5, 5.41) is 8.90. The Labute approximate surface area is 74.0 Å². The molecule has 0 saturated heterocycles. The predicted octanol–water partition coefficient (Wildman–Crippen LogP) is 2.39. The van der Waals surface area contributed by atoms with E-state index in [1.807, 2.05) is 0 Å². The van der Waals surface area contributed by atoms with Crippen molar-refractivity contribution in [2.75, 3.05) is 0 Å². The molecule has 0 aromatic rings. The van der Waals surface area contributed by atoms with Gasteiger partial charge in [0.25, 0.3) is 0 Å². The van der Waals surface area contributed by atoms with E-state index >= 15 is 0 Å². The molecule has 0 amide bonds. The third-order valence-electron chi connectivity index (χ3n) is 3.43. The molecule has 0 aromatic carbocycles. The molecule has 1 aliphatic rings. The number of hydrogen-bond acceptors (Lipinski definition) is 1. The lowest BCUT2D eigenvalue weighted by atomic mass is 9.97. The van der Waals surface area contributed by atoms with Gasteiger partial charge in [0.15, 0.2) is 0 Å². The van der Waals surface area contributed by atoms with Crippen LogP contribution in [-0.4, -0.2) is 11.1 Å². The number of carboxylic acid groups (broad SMARTS) is 1. The summed E-state index contributed by atoms with van der Waals surface area (Å²) in [5.41, 5.74) is 0.0290. The molecule has 3 atom stereocenters. The van der Waals surface area contributed by atoms with Crippen LogP contribution in [0.4, 0.5) is 0 Å². The molecule has 1 rings (SSSR count). The average Bonchev–Trinajstić information content (AvgIpc) is 2.52. The summed E-state index contributed by atoms with van der Waals surface area (Å²) in [4.78, 5) is 10.8. The first kappa shape index (κ1) is 9.56. The third-order valence-corrected chi connectivity index (χ3v) is 3.43. The first-order valence-corrected chi connectivity index (χ1v) is 4.65. The van der Waals surface area contributed by atoms with Crippen molar-refractivity contribution < 1.29 is 9.90 Å². The molecule has 1 aliphatic carbocycles. The molecule has 0 aromatic heterocycles. The van der Waals surface area contributed by atoms with Gasteiger partial charge in [-0.15, -0.1) is 0 Å². The van der Waals surface area contributed by atoms with E-state index in [1.165, 1.54) is 0 Å². The number of rotatable bonds is 3. The minimum absolute atomic E-state index is 0.0290. The fraction of sp³-hybridized carbons (Fsp3) is 0.900. The molecular weight excluding hydrogens is 152 g/mol. The lowest BCUT2D eigenvalue weighted by molar-refractivity contribution is -0.139. The standard InChI is InChI=1S/C10H18O2/c1-5-6(2)7-8(9(11)12)10(7,3)4/h6-8H,5H2,1-4H3,(H,11,12)/t6?,7-,8+/m1/s1. The lowest BCUT2D eigenvalue weighted by Crippen LogP contribution is -2.04. The Bertz CT molecular complexity index is 196. The van der Waals surface area contributed by atoms with Crippen molar-refractivity contribution in [2.45, 2.75) is 34.1 Å². The maximum Gasteiger partial charge on any atom is 0.307 e. The summed E-state index contributed by atoms with van der Waals surface area (Å²) in [7, 11) is 0. The molecule has 0 radical (unpaired) electrons. The van der Waals surface area contributed by atoms with Gasteiger partial charge in [-0.3, -0.25) is 4.79 Å². The molecule has 1 saturated carbocycles. The van der Waals surface area contributed by atoms with Gasteiger partial charge in [-0.05, 0) is 17.3 Å². The van der Waals surface area contributed by atoms with Gasteiger partial charge in [0, 0.05) is 0 Å². The van der Waals surface area contributed by atoms with E-state index < -0.39 is 5.97 Å². The minimum atomic E-state index is -0.620. The largest absolute Gasteiger partial charge is 0.481 e. The number of carbonyl (C=O) groups is 1. The fourth-order valence-corrected chi connectivity index (χ4v) is 2.47. The molecule has 1 N–H and O–H groups in total. The van der Waals surface area contributed by atoms with Gasteiger partial charge in [-0.1, -0.05) is 34.1 Å². The summed E-state index contributed by atoms with van der Waals surface area (Å²) >= 11 is 0. The van der Waals surface area contributed by atoms with Crippen LogP contribution in [0.2, 0.25) is 0 Å². The van der Waals surface area contributed by atoms with E-state index in [0.29, 0.717) is 11.8 Å². The molecular formula is C10H18O2. The summed E-state index contributed by atoms with van der Waals surface area (Å²) in [6.45, 7) is 8.39. The Kier molecular flexibility index (Phi) is 2.19. The van der Waals surface area contributed by atoms with Gasteiger partial charge >= 0.3 is 5.97 Å². The van der Waals surface area contributed by atoms with Crippen molar-refractivity contribution in [2.24, 2.45) is 23.2 Å². The van der Waals surface area contributed by atoms with Crippen LogP contribution in [0, 0.1) is 23.2 Å². The molecule has 1 fully saturated rings. The van der Waals surface area contributed by atoms with Crippen molar-refractivity contribution in [1.82, 2.24) is 0 Å². The van der Waals surface area contributed by atoms with Gasteiger partial charge in [-0.25, -0.2) is 0 Å². The van der Waals surface area contributed by atoms with Crippen LogP contribution in [0.3, 0.4) is 0 Å². The van der Waals surface area contributed by atoms with Crippen LogP contribution >= 0.6 is 0 Å². The SMILES string of the molecule is CCC(C)[C@@H]1[C@@H](C(=O)O)C1(C)C. The highest BCUT2D eigenvalue weighted by atomic mass is 16.4. The van der Waals surface area contributed by atoms with E-state index in [9.17, 15) is 4.79 Å². The normalized spacial score (nSPS) is 34.3. The second-order valence-electron chi connectivity index (χ2n) is 4.55. The fourth-order valence-electron chi connectivity index (χ4n) is 2.47. The quantitative estimate of drug-likeness (QED) is 0.706. The zero-order valence-corrected chi connectivity index (χ0v) is 8.29. The summed E-state index contributed by atoms with van der Waals surface area (Å²) < 4.78 is 0. The Hall–Kier alpha value is -0.530. The molecule has 70 valence electrons. The third kappa shape index (κ3) is 1.23. The van der Waals surface area contributed by atoms with E-state index in [4.69, 9.17) is 5.11 Å². The zero-order chi connectivity index (χ0) is 9.52. The average molecular weight is 170 g/mol. The second-order valence-corrected chi connectivity index (χ2v) is 4.55. The first-order valence-electron chi connectivity index (χ1n) is 4.65. The smallest absolute Gasteiger partial charge is 0.307 e. The van der Waals surface area contributed by atoms with Crippen LogP contribution < -0.4 is 0 Å². The number of aliphatic carboxylic acids is 1. The van der Waals surface area contributed by atoms with Gasteiger partial charge in [-0.2, -0.15) is 0 Å². The zero-order valence-electron chi connectivity index (χ0n) is 8.29. The molecule has 2 heteroatoms. The van der Waals surface area contributed by atoms with Crippen molar-refractivity contribution in [3.8, 4) is 0 Å². The van der Waals surface area contributed by atoms with Crippen molar-refractivity contribution in [3.63, 3.8) is 0 Å². The monoisotopic (exact) mass is 170 g/mol. The van der Waals surface area contributed by atoms with Crippen LogP contribution in [0.5, 0.6) is 0 Å². The number of hydrogen-bond donors (Lipinski definition) is 1. The van der Waals surface area contributed by atoms with Crippen molar-refractivity contribution in [3.05, 3.63) is 0 Å². The van der Waals surface area contributed by atoms with E-state index in [1.54, 1.807) is 0 Å². The van der Waals surface area contributed by atoms with Crippen LogP contribution in [0.25, 0.3) is 0 Å². The van der Waals surface area contributed by atoms with E-state index in [2.05, 4.69) is 27.7 Å². The Balaban J connectivity index is 2.66. The van der Waals surface area contributed by atoms with Gasteiger partial charge < -0.3 is 5.11 Å². The van der Waals surface area contributed by atoms with E-state index in [0.717, 1.165) is 6.42 Å². The number of carboxylic acids is 1. The maximum absolute atomic E-state index is 10.8. The van der Waals surface area contributed by atoms with Gasteiger partial charge in [0.05, 0.1) is 5.92 Å². The first-order chi connectivity index (χ1) is 5.42. The highest BCUT2D eigenvalue weighted by molar-refractivity contribution is 5.75.